The molecule has 1 aliphatic heterocycles. The molecule has 1 heterocycles. The van der Waals surface area contributed by atoms with Gasteiger partial charge in [-0.25, -0.2) is 0 Å². The molecule has 0 N–H and O–H groups in total. The van der Waals surface area contributed by atoms with E-state index in [2.05, 4.69) is 5.92 Å². The van der Waals surface area contributed by atoms with Crippen LogP contribution in [-0.4, -0.2) is 25.9 Å². The maximum atomic E-state index is 5.68. The van der Waals surface area contributed by atoms with Gasteiger partial charge in [0, 0.05) is 5.56 Å². The van der Waals surface area contributed by atoms with E-state index in [4.69, 9.17) is 20.6 Å². The Hall–Kier alpha value is -1.34. The Kier molecular flexibility index (Phi) is 3.95. The lowest BCUT2D eigenvalue weighted by Crippen LogP contribution is -2.17. The van der Waals surface area contributed by atoms with Crippen LogP contribution < -0.4 is 0 Å². The topological polar surface area (TPSA) is 27.7 Å². The molecule has 1 fully saturated rings. The third-order valence-electron chi connectivity index (χ3n) is 2.31. The molecule has 1 aromatic carbocycles. The lowest BCUT2D eigenvalue weighted by atomic mass is 10.2. The minimum Gasteiger partial charge on any atom is -0.366 e. The van der Waals surface area contributed by atoms with E-state index in [-0.39, 0.29) is 12.4 Å². The van der Waals surface area contributed by atoms with Gasteiger partial charge >= 0.3 is 0 Å². The molecule has 0 amide bonds. The SMILES string of the molecule is C#CCOCC1COC(c2ccccc2)O1. The van der Waals surface area contributed by atoms with Crippen molar-refractivity contribution in [3.63, 3.8) is 0 Å². The summed E-state index contributed by atoms with van der Waals surface area (Å²) >= 11 is 0. The van der Waals surface area contributed by atoms with Crippen molar-refractivity contribution in [1.29, 1.82) is 0 Å². The van der Waals surface area contributed by atoms with E-state index in [1.54, 1.807) is 0 Å². The summed E-state index contributed by atoms with van der Waals surface area (Å²) in [6.45, 7) is 1.34. The van der Waals surface area contributed by atoms with Crippen LogP contribution in [0.2, 0.25) is 0 Å². The molecule has 0 bridgehead atoms. The highest BCUT2D eigenvalue weighted by Gasteiger charge is 2.26. The summed E-state index contributed by atoms with van der Waals surface area (Å²) in [5, 5.41) is 0. The summed E-state index contributed by atoms with van der Waals surface area (Å²) in [4.78, 5) is 0. The van der Waals surface area contributed by atoms with Crippen LogP contribution >= 0.6 is 0 Å². The molecular weight excluding hydrogens is 204 g/mol. The summed E-state index contributed by atoms with van der Waals surface area (Å²) in [6, 6.07) is 9.85. The Balaban J connectivity index is 1.82. The van der Waals surface area contributed by atoms with Crippen molar-refractivity contribution in [3.05, 3.63) is 35.9 Å². The molecule has 84 valence electrons. The molecule has 0 aliphatic carbocycles. The first kappa shape index (κ1) is 11.2. The molecule has 0 radical (unpaired) electrons. The Morgan fingerprint density at radius 1 is 1.38 bits per heavy atom. The number of rotatable bonds is 4. The second-order valence-electron chi connectivity index (χ2n) is 3.55. The van der Waals surface area contributed by atoms with Gasteiger partial charge in [-0.15, -0.1) is 6.42 Å². The number of hydrogen-bond acceptors (Lipinski definition) is 3. The summed E-state index contributed by atoms with van der Waals surface area (Å²) in [6.07, 6.45) is 4.78. The zero-order valence-corrected chi connectivity index (χ0v) is 8.96. The molecule has 1 saturated heterocycles. The zero-order chi connectivity index (χ0) is 11.2. The van der Waals surface area contributed by atoms with Crippen LogP contribution in [0.4, 0.5) is 0 Å². The Morgan fingerprint density at radius 3 is 2.94 bits per heavy atom. The van der Waals surface area contributed by atoms with Crippen LogP contribution in [0.5, 0.6) is 0 Å². The van der Waals surface area contributed by atoms with Crippen molar-refractivity contribution >= 4 is 0 Å². The molecule has 2 atom stereocenters. The molecule has 3 heteroatoms. The largest absolute Gasteiger partial charge is 0.366 e. The second kappa shape index (κ2) is 5.66. The van der Waals surface area contributed by atoms with Gasteiger partial charge in [0.1, 0.15) is 12.7 Å². The predicted molar refractivity (Wildman–Crippen MR) is 59.7 cm³/mol. The van der Waals surface area contributed by atoms with Crippen molar-refractivity contribution in [2.45, 2.75) is 12.4 Å². The lowest BCUT2D eigenvalue weighted by molar-refractivity contribution is -0.0720. The summed E-state index contributed by atoms with van der Waals surface area (Å²) < 4.78 is 16.4. The summed E-state index contributed by atoms with van der Waals surface area (Å²) in [5.41, 5.74) is 1.03. The van der Waals surface area contributed by atoms with Gasteiger partial charge < -0.3 is 14.2 Å². The first-order chi connectivity index (χ1) is 7.90. The average molecular weight is 218 g/mol. The molecular formula is C13H14O3. The average Bonchev–Trinajstić information content (AvgIpc) is 2.79. The number of benzene rings is 1. The fourth-order valence-electron chi connectivity index (χ4n) is 1.57. The maximum absolute atomic E-state index is 5.68. The van der Waals surface area contributed by atoms with E-state index in [9.17, 15) is 0 Å². The monoisotopic (exact) mass is 218 g/mol. The highest BCUT2D eigenvalue weighted by Crippen LogP contribution is 2.26. The fourth-order valence-corrected chi connectivity index (χ4v) is 1.57. The zero-order valence-electron chi connectivity index (χ0n) is 8.96. The van der Waals surface area contributed by atoms with Crippen LogP contribution in [0.15, 0.2) is 30.3 Å². The van der Waals surface area contributed by atoms with E-state index >= 15 is 0 Å². The number of ether oxygens (including phenoxy) is 3. The van der Waals surface area contributed by atoms with Crippen LogP contribution in [0.1, 0.15) is 11.9 Å². The van der Waals surface area contributed by atoms with Crippen molar-refractivity contribution in [2.24, 2.45) is 0 Å². The third-order valence-corrected chi connectivity index (χ3v) is 2.31. The van der Waals surface area contributed by atoms with Gasteiger partial charge in [0.15, 0.2) is 6.29 Å². The molecule has 2 unspecified atom stereocenters. The van der Waals surface area contributed by atoms with E-state index in [1.807, 2.05) is 30.3 Å². The first-order valence-electron chi connectivity index (χ1n) is 5.23. The Morgan fingerprint density at radius 2 is 2.19 bits per heavy atom. The molecule has 1 aromatic rings. The van der Waals surface area contributed by atoms with Crippen molar-refractivity contribution < 1.29 is 14.2 Å². The minimum atomic E-state index is -0.277. The van der Waals surface area contributed by atoms with Crippen molar-refractivity contribution in [1.82, 2.24) is 0 Å². The molecule has 0 saturated carbocycles. The Bertz CT molecular complexity index is 355. The maximum Gasteiger partial charge on any atom is 0.184 e. The van der Waals surface area contributed by atoms with Gasteiger partial charge in [0.05, 0.1) is 13.2 Å². The smallest absolute Gasteiger partial charge is 0.184 e. The van der Waals surface area contributed by atoms with Crippen LogP contribution in [-0.2, 0) is 14.2 Å². The van der Waals surface area contributed by atoms with Gasteiger partial charge in [-0.3, -0.25) is 0 Å². The van der Waals surface area contributed by atoms with Crippen molar-refractivity contribution in [3.8, 4) is 12.3 Å². The van der Waals surface area contributed by atoms with E-state index in [0.29, 0.717) is 19.8 Å². The van der Waals surface area contributed by atoms with Gasteiger partial charge in [-0.05, 0) is 0 Å². The standard InChI is InChI=1S/C13H14O3/c1-2-8-14-9-12-10-15-13(16-12)11-6-4-3-5-7-11/h1,3-7,12-13H,8-10H2. The molecule has 2 rings (SSSR count). The van der Waals surface area contributed by atoms with E-state index in [1.165, 1.54) is 0 Å². The highest BCUT2D eigenvalue weighted by molar-refractivity contribution is 5.16. The van der Waals surface area contributed by atoms with Gasteiger partial charge in [0.25, 0.3) is 0 Å². The Labute approximate surface area is 95.3 Å². The highest BCUT2D eigenvalue weighted by atomic mass is 16.7. The first-order valence-corrected chi connectivity index (χ1v) is 5.23. The fraction of sp³-hybridized carbons (Fsp3) is 0.385. The van der Waals surface area contributed by atoms with Gasteiger partial charge in [-0.1, -0.05) is 36.3 Å². The molecule has 1 aliphatic rings. The minimum absolute atomic E-state index is 0.0291. The van der Waals surface area contributed by atoms with Crippen LogP contribution in [0, 0.1) is 12.3 Å². The normalized spacial score (nSPS) is 24.2. The predicted octanol–water partition coefficient (Wildman–Crippen LogP) is 1.75. The third kappa shape index (κ3) is 2.83. The number of hydrogen-bond donors (Lipinski definition) is 0. The summed E-state index contributed by atoms with van der Waals surface area (Å²) in [5.74, 6) is 2.42. The molecule has 0 spiro atoms. The van der Waals surface area contributed by atoms with Crippen LogP contribution in [0.25, 0.3) is 0 Å². The van der Waals surface area contributed by atoms with E-state index in [0.717, 1.165) is 5.56 Å². The van der Waals surface area contributed by atoms with Crippen molar-refractivity contribution in [2.75, 3.05) is 19.8 Å². The van der Waals surface area contributed by atoms with Crippen LogP contribution in [0.3, 0.4) is 0 Å². The quantitative estimate of drug-likeness (QED) is 0.569. The second-order valence-corrected chi connectivity index (χ2v) is 3.55. The van der Waals surface area contributed by atoms with Gasteiger partial charge in [-0.2, -0.15) is 0 Å². The van der Waals surface area contributed by atoms with E-state index < -0.39 is 0 Å². The molecule has 16 heavy (non-hydrogen) atoms. The summed E-state index contributed by atoms with van der Waals surface area (Å²) in [7, 11) is 0. The lowest BCUT2D eigenvalue weighted by Gasteiger charge is -2.11. The molecule has 0 aromatic heterocycles. The van der Waals surface area contributed by atoms with Gasteiger partial charge in [0.2, 0.25) is 0 Å². The molecule has 3 nitrogen and oxygen atoms in total. The number of terminal acetylenes is 1.